The second-order valence-corrected chi connectivity index (χ2v) is 5.86. The number of anilines is 1. The highest BCUT2D eigenvalue weighted by atomic mass is 35.5. The summed E-state index contributed by atoms with van der Waals surface area (Å²) in [4.78, 5) is 11.9. The topological polar surface area (TPSA) is 38.3 Å². The van der Waals surface area contributed by atoms with Gasteiger partial charge in [-0.25, -0.2) is 0 Å². The smallest absolute Gasteiger partial charge is 0.418 e. The van der Waals surface area contributed by atoms with E-state index in [0.717, 1.165) is 30.2 Å². The van der Waals surface area contributed by atoms with Crippen molar-refractivity contribution in [3.05, 3.63) is 64.7 Å². The monoisotopic (exact) mass is 383 g/mol. The first-order valence-corrected chi connectivity index (χ1v) is 8.26. The molecule has 0 bridgehead atoms. The lowest BCUT2D eigenvalue weighted by molar-refractivity contribution is -0.136. The SMILES string of the molecule is CCCOc1ccc(/C=C/C(=O)Nc2ccc(Cl)cc2C(F)(F)F)cc1. The highest BCUT2D eigenvalue weighted by molar-refractivity contribution is 6.30. The molecule has 0 aromatic heterocycles. The Bertz CT molecular complexity index is 786. The second-order valence-electron chi connectivity index (χ2n) is 5.43. The molecule has 0 fully saturated rings. The Balaban J connectivity index is 2.06. The third-order valence-electron chi connectivity index (χ3n) is 3.32. The Kier molecular flexibility index (Phi) is 6.69. The predicted octanol–water partition coefficient (Wildman–Crippen LogP) is 5.80. The van der Waals surface area contributed by atoms with Gasteiger partial charge in [0.25, 0.3) is 0 Å². The molecule has 1 amide bonds. The fourth-order valence-electron chi connectivity index (χ4n) is 2.10. The summed E-state index contributed by atoms with van der Waals surface area (Å²) in [5.41, 5.74) is -0.625. The maximum absolute atomic E-state index is 13.0. The number of nitrogens with one attached hydrogen (secondary N) is 1. The molecule has 7 heteroatoms. The fourth-order valence-corrected chi connectivity index (χ4v) is 2.27. The maximum atomic E-state index is 13.0. The van der Waals surface area contributed by atoms with Gasteiger partial charge in [-0.3, -0.25) is 4.79 Å². The number of benzene rings is 2. The highest BCUT2D eigenvalue weighted by Gasteiger charge is 2.34. The molecule has 3 nitrogen and oxygen atoms in total. The molecule has 0 radical (unpaired) electrons. The minimum Gasteiger partial charge on any atom is -0.494 e. The van der Waals surface area contributed by atoms with Gasteiger partial charge in [-0.15, -0.1) is 0 Å². The summed E-state index contributed by atoms with van der Waals surface area (Å²) in [6.45, 7) is 2.61. The van der Waals surface area contributed by atoms with Crippen LogP contribution in [0.2, 0.25) is 5.02 Å². The van der Waals surface area contributed by atoms with Crippen molar-refractivity contribution in [2.45, 2.75) is 19.5 Å². The van der Waals surface area contributed by atoms with Gasteiger partial charge < -0.3 is 10.1 Å². The van der Waals surface area contributed by atoms with Gasteiger partial charge in [-0.05, 0) is 48.4 Å². The van der Waals surface area contributed by atoms with Crippen LogP contribution in [-0.2, 0) is 11.0 Å². The van der Waals surface area contributed by atoms with Crippen LogP contribution in [0.25, 0.3) is 6.08 Å². The van der Waals surface area contributed by atoms with Crippen LogP contribution in [0.1, 0.15) is 24.5 Å². The first kappa shape index (κ1) is 19.8. The lowest BCUT2D eigenvalue weighted by Crippen LogP contribution is -2.14. The molecule has 26 heavy (non-hydrogen) atoms. The predicted molar refractivity (Wildman–Crippen MR) is 96.3 cm³/mol. The third kappa shape index (κ3) is 5.81. The first-order valence-electron chi connectivity index (χ1n) is 7.88. The van der Waals surface area contributed by atoms with Crippen LogP contribution in [0.5, 0.6) is 5.75 Å². The lowest BCUT2D eigenvalue weighted by Gasteiger charge is -2.13. The van der Waals surface area contributed by atoms with E-state index in [1.807, 2.05) is 6.92 Å². The number of rotatable bonds is 6. The van der Waals surface area contributed by atoms with Crippen molar-refractivity contribution < 1.29 is 22.7 Å². The van der Waals surface area contributed by atoms with Crippen molar-refractivity contribution in [1.82, 2.24) is 0 Å². The average Bonchev–Trinajstić information content (AvgIpc) is 2.59. The molecule has 0 unspecified atom stereocenters. The van der Waals surface area contributed by atoms with Gasteiger partial charge in [0.05, 0.1) is 17.9 Å². The number of halogens is 4. The molecule has 2 aromatic carbocycles. The third-order valence-corrected chi connectivity index (χ3v) is 3.56. The molecule has 2 rings (SSSR count). The first-order chi connectivity index (χ1) is 12.3. The zero-order valence-electron chi connectivity index (χ0n) is 13.9. The van der Waals surface area contributed by atoms with E-state index in [0.29, 0.717) is 12.4 Å². The van der Waals surface area contributed by atoms with Gasteiger partial charge in [0, 0.05) is 11.1 Å². The molecule has 0 spiro atoms. The van der Waals surface area contributed by atoms with Gasteiger partial charge >= 0.3 is 6.18 Å². The molecule has 0 heterocycles. The van der Waals surface area contributed by atoms with E-state index in [1.54, 1.807) is 24.3 Å². The molecule has 0 saturated carbocycles. The quantitative estimate of drug-likeness (QED) is 0.640. The van der Waals surface area contributed by atoms with E-state index < -0.39 is 17.6 Å². The largest absolute Gasteiger partial charge is 0.494 e. The zero-order valence-corrected chi connectivity index (χ0v) is 14.7. The van der Waals surface area contributed by atoms with Crippen LogP contribution in [0.3, 0.4) is 0 Å². The summed E-state index contributed by atoms with van der Waals surface area (Å²) in [5, 5.41) is 2.17. The minimum atomic E-state index is -4.62. The zero-order chi connectivity index (χ0) is 19.2. The Hall–Kier alpha value is -2.47. The summed E-state index contributed by atoms with van der Waals surface area (Å²) < 4.78 is 44.5. The van der Waals surface area contributed by atoms with Crippen molar-refractivity contribution in [2.75, 3.05) is 11.9 Å². The van der Waals surface area contributed by atoms with Crippen molar-refractivity contribution in [2.24, 2.45) is 0 Å². The van der Waals surface area contributed by atoms with E-state index in [4.69, 9.17) is 16.3 Å². The number of carbonyl (C=O) groups excluding carboxylic acids is 1. The van der Waals surface area contributed by atoms with Crippen molar-refractivity contribution in [3.63, 3.8) is 0 Å². The van der Waals surface area contributed by atoms with E-state index in [2.05, 4.69) is 5.32 Å². The normalized spacial score (nSPS) is 11.6. The van der Waals surface area contributed by atoms with Crippen molar-refractivity contribution >= 4 is 29.3 Å². The summed E-state index contributed by atoms with van der Waals surface area (Å²) in [7, 11) is 0. The van der Waals surface area contributed by atoms with Crippen molar-refractivity contribution in [1.29, 1.82) is 0 Å². The highest BCUT2D eigenvalue weighted by Crippen LogP contribution is 2.36. The molecular weight excluding hydrogens is 367 g/mol. The van der Waals surface area contributed by atoms with E-state index in [1.165, 1.54) is 12.1 Å². The van der Waals surface area contributed by atoms with Gasteiger partial charge in [-0.1, -0.05) is 30.7 Å². The van der Waals surface area contributed by atoms with Gasteiger partial charge in [0.15, 0.2) is 0 Å². The molecule has 0 saturated heterocycles. The number of amides is 1. The van der Waals surface area contributed by atoms with Gasteiger partial charge in [-0.2, -0.15) is 13.2 Å². The van der Waals surface area contributed by atoms with Gasteiger partial charge in [0.2, 0.25) is 5.91 Å². The molecular formula is C19H17ClF3NO2. The summed E-state index contributed by atoms with van der Waals surface area (Å²) >= 11 is 5.61. The molecule has 1 N–H and O–H groups in total. The minimum absolute atomic E-state index is 0.0590. The molecule has 0 atom stereocenters. The number of ether oxygens (including phenoxy) is 1. The molecule has 0 aliphatic rings. The average molecular weight is 384 g/mol. The summed E-state index contributed by atoms with van der Waals surface area (Å²) in [5.74, 6) is 0.0357. The number of alkyl halides is 3. The second kappa shape index (κ2) is 8.76. The lowest BCUT2D eigenvalue weighted by atomic mass is 10.1. The fraction of sp³-hybridized carbons (Fsp3) is 0.211. The Morgan fingerprint density at radius 3 is 2.50 bits per heavy atom. The van der Waals surface area contributed by atoms with Crippen LogP contribution in [0, 0.1) is 0 Å². The maximum Gasteiger partial charge on any atom is 0.418 e. The van der Waals surface area contributed by atoms with Crippen LogP contribution < -0.4 is 10.1 Å². The Morgan fingerprint density at radius 1 is 1.19 bits per heavy atom. The number of carbonyl (C=O) groups is 1. The standard InChI is InChI=1S/C19H17ClF3NO2/c1-2-11-26-15-7-3-13(4-8-15)5-10-18(25)24-17-9-6-14(20)12-16(17)19(21,22)23/h3-10,12H,2,11H2,1H3,(H,24,25)/b10-5+. The van der Waals surface area contributed by atoms with Crippen LogP contribution in [-0.4, -0.2) is 12.5 Å². The van der Waals surface area contributed by atoms with Crippen LogP contribution >= 0.6 is 11.6 Å². The van der Waals surface area contributed by atoms with Crippen molar-refractivity contribution in [3.8, 4) is 5.75 Å². The van der Waals surface area contributed by atoms with E-state index >= 15 is 0 Å². The van der Waals surface area contributed by atoms with Crippen LogP contribution in [0.15, 0.2) is 48.5 Å². The summed E-state index contributed by atoms with van der Waals surface area (Å²) in [6, 6.07) is 10.2. The van der Waals surface area contributed by atoms with Gasteiger partial charge in [0.1, 0.15) is 5.75 Å². The Morgan fingerprint density at radius 2 is 1.88 bits per heavy atom. The summed E-state index contributed by atoms with van der Waals surface area (Å²) in [6.07, 6.45) is -1.06. The van der Waals surface area contributed by atoms with E-state index in [-0.39, 0.29) is 10.7 Å². The number of hydrogen-bond acceptors (Lipinski definition) is 2. The molecule has 2 aromatic rings. The Labute approximate surface area is 154 Å². The molecule has 0 aliphatic heterocycles. The molecule has 138 valence electrons. The van der Waals surface area contributed by atoms with E-state index in [9.17, 15) is 18.0 Å². The molecule has 0 aliphatic carbocycles. The van der Waals surface area contributed by atoms with Crippen LogP contribution in [0.4, 0.5) is 18.9 Å². The number of hydrogen-bond donors (Lipinski definition) is 1.